The van der Waals surface area contributed by atoms with Crippen molar-refractivity contribution in [1.82, 2.24) is 23.3 Å². The zero-order valence-corrected chi connectivity index (χ0v) is 33.0. The highest BCUT2D eigenvalue weighted by Gasteiger charge is 2.34. The van der Waals surface area contributed by atoms with Gasteiger partial charge in [0.25, 0.3) is 11.1 Å². The van der Waals surface area contributed by atoms with Crippen LogP contribution in [0.25, 0.3) is 17.2 Å². The molecule has 1 aliphatic rings. The van der Waals surface area contributed by atoms with Crippen LogP contribution in [0.2, 0.25) is 15.1 Å². The number of ether oxygens (including phenoxy) is 3. The monoisotopic (exact) mass is 820 g/mol. The van der Waals surface area contributed by atoms with Gasteiger partial charge in [-0.05, 0) is 66.9 Å². The number of methoxy groups -OCH3 is 1. The van der Waals surface area contributed by atoms with Crippen molar-refractivity contribution in [2.24, 2.45) is 19.1 Å². The second-order valence-electron chi connectivity index (χ2n) is 12.4. The number of carbonyl (C=O) groups is 1. The molecule has 3 aromatic heterocycles. The topological polar surface area (TPSA) is 141 Å². The molecule has 13 nitrogen and oxygen atoms in total. The Labute approximate surface area is 331 Å². The number of fused-ring (bicyclic) bond motifs is 2. The summed E-state index contributed by atoms with van der Waals surface area (Å²) in [5.41, 5.74) is 1.11. The van der Waals surface area contributed by atoms with Gasteiger partial charge in [-0.1, -0.05) is 76.5 Å². The fraction of sp³-hybridized carbons (Fsp3) is 0.211. The van der Waals surface area contributed by atoms with Crippen LogP contribution in [0.1, 0.15) is 36.6 Å². The highest BCUT2D eigenvalue weighted by molar-refractivity contribution is 7.07. The van der Waals surface area contributed by atoms with E-state index in [1.807, 2.05) is 0 Å². The van der Waals surface area contributed by atoms with Gasteiger partial charge in [0.1, 0.15) is 6.04 Å². The Balaban J connectivity index is 1.32. The van der Waals surface area contributed by atoms with E-state index in [2.05, 4.69) is 9.98 Å². The molecule has 0 fully saturated rings. The zero-order valence-electron chi connectivity index (χ0n) is 29.9. The van der Waals surface area contributed by atoms with E-state index in [-0.39, 0.29) is 53.0 Å². The molecule has 4 heterocycles. The average molecular weight is 822 g/mol. The van der Waals surface area contributed by atoms with Crippen LogP contribution in [0.4, 0.5) is 0 Å². The molecular formula is C38H31Cl3N6O7S. The normalized spacial score (nSPS) is 14.3. The Morgan fingerprint density at radius 1 is 0.945 bits per heavy atom. The lowest BCUT2D eigenvalue weighted by Crippen LogP contribution is -2.40. The SMILES string of the molecule is CCOC(=O)C1=C(C)N=c2s/c(=C/c3ccc(Oc4nc5c(c(=O)n(C)c(=O)n5C)n4Cc4ccc(Cl)cc4Cl)c(OC)c3)c(=O)n2C1c1ccccc1Cl. The molecule has 1 aliphatic heterocycles. The summed E-state index contributed by atoms with van der Waals surface area (Å²) in [5.74, 6) is -0.0772. The van der Waals surface area contributed by atoms with Gasteiger partial charge < -0.3 is 14.2 Å². The second kappa shape index (κ2) is 15.0. The van der Waals surface area contributed by atoms with Crippen molar-refractivity contribution in [3.05, 3.63) is 144 Å². The third-order valence-corrected chi connectivity index (χ3v) is 11.0. The summed E-state index contributed by atoms with van der Waals surface area (Å²) in [6.45, 7) is 3.61. The molecule has 282 valence electrons. The van der Waals surface area contributed by atoms with Crippen LogP contribution in [-0.2, 0) is 30.2 Å². The molecule has 0 saturated heterocycles. The van der Waals surface area contributed by atoms with Gasteiger partial charge in [-0.15, -0.1) is 0 Å². The number of thiazole rings is 1. The van der Waals surface area contributed by atoms with Crippen molar-refractivity contribution in [1.29, 1.82) is 0 Å². The van der Waals surface area contributed by atoms with Crippen molar-refractivity contribution in [2.75, 3.05) is 13.7 Å². The summed E-state index contributed by atoms with van der Waals surface area (Å²) in [6, 6.07) is 16.1. The van der Waals surface area contributed by atoms with E-state index in [0.29, 0.717) is 46.8 Å². The molecule has 1 unspecified atom stereocenters. The number of esters is 1. The fourth-order valence-corrected chi connectivity index (χ4v) is 8.12. The number of nitrogens with zero attached hydrogens (tertiary/aromatic N) is 6. The standard InChI is InChI=1S/C38H31Cl3N6O7S/c1-6-53-35(50)29-19(2)42-37-47(30(29)23-9-7-8-10-24(23)40)33(48)28(55-37)16-20-11-14-26(27(15-20)52-5)54-36-43-32-31(34(49)45(4)38(51)44(32)3)46(36)18-21-12-13-22(39)17-25(21)41/h7-17,30H,6,18H2,1-5H3/b28-16+. The maximum Gasteiger partial charge on any atom is 0.338 e. The van der Waals surface area contributed by atoms with E-state index in [1.165, 1.54) is 34.9 Å². The Hall–Kier alpha value is -5.41. The minimum atomic E-state index is -0.866. The molecule has 0 N–H and O–H groups in total. The maximum absolute atomic E-state index is 14.2. The number of halogens is 3. The van der Waals surface area contributed by atoms with Gasteiger partial charge in [0.05, 0.1) is 36.1 Å². The summed E-state index contributed by atoms with van der Waals surface area (Å²) in [7, 11) is 4.35. The van der Waals surface area contributed by atoms with Crippen LogP contribution in [-0.4, -0.2) is 42.9 Å². The average Bonchev–Trinajstić information content (AvgIpc) is 3.67. The number of benzene rings is 3. The van der Waals surface area contributed by atoms with E-state index in [0.717, 1.165) is 15.9 Å². The van der Waals surface area contributed by atoms with Crippen molar-refractivity contribution >= 4 is 69.3 Å². The minimum absolute atomic E-state index is 0.00831. The Morgan fingerprint density at radius 2 is 1.71 bits per heavy atom. The minimum Gasteiger partial charge on any atom is -0.493 e. The number of hydrogen-bond donors (Lipinski definition) is 0. The van der Waals surface area contributed by atoms with Crippen LogP contribution in [0.15, 0.2) is 91.3 Å². The molecule has 0 radical (unpaired) electrons. The fourth-order valence-electron chi connectivity index (χ4n) is 6.36. The molecule has 1 atom stereocenters. The first kappa shape index (κ1) is 37.9. The van der Waals surface area contributed by atoms with Crippen molar-refractivity contribution in [3.8, 4) is 17.5 Å². The van der Waals surface area contributed by atoms with Gasteiger partial charge in [-0.2, -0.15) is 4.98 Å². The third kappa shape index (κ3) is 6.79. The van der Waals surface area contributed by atoms with Crippen LogP contribution in [0, 0.1) is 0 Å². The van der Waals surface area contributed by atoms with Crippen molar-refractivity contribution in [2.45, 2.75) is 26.4 Å². The number of hydrogen-bond acceptors (Lipinski definition) is 10. The summed E-state index contributed by atoms with van der Waals surface area (Å²) < 4.78 is 23.0. The molecule has 6 aromatic rings. The van der Waals surface area contributed by atoms with E-state index in [1.54, 1.807) is 80.6 Å². The highest BCUT2D eigenvalue weighted by atomic mass is 35.5. The smallest absolute Gasteiger partial charge is 0.338 e. The zero-order chi connectivity index (χ0) is 39.3. The molecule has 0 bridgehead atoms. The molecule has 0 spiro atoms. The predicted molar refractivity (Wildman–Crippen MR) is 211 cm³/mol. The number of aromatic nitrogens is 5. The van der Waals surface area contributed by atoms with Gasteiger partial charge in [0.2, 0.25) is 0 Å². The molecular weight excluding hydrogens is 791 g/mol. The van der Waals surface area contributed by atoms with Crippen LogP contribution >= 0.6 is 46.1 Å². The van der Waals surface area contributed by atoms with E-state index < -0.39 is 23.3 Å². The number of rotatable bonds is 9. The van der Waals surface area contributed by atoms with Crippen LogP contribution in [0.3, 0.4) is 0 Å². The lowest BCUT2D eigenvalue weighted by Gasteiger charge is -2.25. The second-order valence-corrected chi connectivity index (χ2v) is 14.7. The molecule has 17 heteroatoms. The highest BCUT2D eigenvalue weighted by Crippen LogP contribution is 2.36. The van der Waals surface area contributed by atoms with E-state index >= 15 is 0 Å². The summed E-state index contributed by atoms with van der Waals surface area (Å²) >= 11 is 20.4. The predicted octanol–water partition coefficient (Wildman–Crippen LogP) is 5.35. The molecule has 0 aliphatic carbocycles. The van der Waals surface area contributed by atoms with Crippen LogP contribution < -0.4 is 35.6 Å². The molecule has 0 amide bonds. The van der Waals surface area contributed by atoms with Gasteiger partial charge in [0, 0.05) is 29.2 Å². The van der Waals surface area contributed by atoms with Crippen LogP contribution in [0.5, 0.6) is 17.5 Å². The maximum atomic E-state index is 14.2. The van der Waals surface area contributed by atoms with E-state index in [4.69, 9.17) is 49.0 Å². The quantitative estimate of drug-likeness (QED) is 0.178. The first-order valence-corrected chi connectivity index (χ1v) is 18.7. The summed E-state index contributed by atoms with van der Waals surface area (Å²) in [6.07, 6.45) is 1.68. The van der Waals surface area contributed by atoms with E-state index in [9.17, 15) is 19.2 Å². The first-order chi connectivity index (χ1) is 26.3. The summed E-state index contributed by atoms with van der Waals surface area (Å²) in [5, 5.41) is 1.18. The Kier molecular flexibility index (Phi) is 10.3. The van der Waals surface area contributed by atoms with Gasteiger partial charge in [0.15, 0.2) is 27.5 Å². The molecule has 0 saturated carbocycles. The van der Waals surface area contributed by atoms with Gasteiger partial charge >= 0.3 is 17.7 Å². The lowest BCUT2D eigenvalue weighted by atomic mass is 9.96. The first-order valence-electron chi connectivity index (χ1n) is 16.7. The van der Waals surface area contributed by atoms with Crippen molar-refractivity contribution < 1.29 is 19.0 Å². The summed E-state index contributed by atoms with van der Waals surface area (Å²) in [4.78, 5) is 63.2. The Bertz CT molecular complexity index is 2910. The Morgan fingerprint density at radius 3 is 2.42 bits per heavy atom. The number of aryl methyl sites for hydroxylation is 1. The van der Waals surface area contributed by atoms with Gasteiger partial charge in [-0.25, -0.2) is 14.6 Å². The molecule has 3 aromatic carbocycles. The lowest BCUT2D eigenvalue weighted by molar-refractivity contribution is -0.139. The third-order valence-electron chi connectivity index (χ3n) is 9.06. The van der Waals surface area contributed by atoms with Crippen molar-refractivity contribution in [3.63, 3.8) is 0 Å². The largest absolute Gasteiger partial charge is 0.493 e. The number of allylic oxidation sites excluding steroid dienone is 1. The molecule has 55 heavy (non-hydrogen) atoms. The number of carbonyl (C=O) groups excluding carboxylic acids is 1. The number of imidazole rings is 1. The molecule has 7 rings (SSSR count). The van der Waals surface area contributed by atoms with Gasteiger partial charge in [-0.3, -0.25) is 27.9 Å².